The topological polar surface area (TPSA) is 56.7 Å². The molecule has 0 amide bonds. The average Bonchev–Trinajstić information content (AvgIpc) is 3.75. The number of furan rings is 1. The smallest absolute Gasteiger partial charge is 0.216 e. The Hall–Kier alpha value is -4.68. The van der Waals surface area contributed by atoms with Gasteiger partial charge in [-0.2, -0.15) is 0 Å². The molecule has 58 heavy (non-hydrogen) atoms. The van der Waals surface area contributed by atoms with Crippen molar-refractivity contribution in [1.29, 1.82) is 0 Å². The minimum absolute atomic E-state index is 0. The van der Waals surface area contributed by atoms with Crippen molar-refractivity contribution in [3.8, 4) is 28.3 Å². The summed E-state index contributed by atoms with van der Waals surface area (Å²) in [5.74, 6) is 2.54. The number of nitrogens with zero attached hydrogens (tertiary/aromatic N) is 4. The van der Waals surface area contributed by atoms with Gasteiger partial charge in [-0.05, 0) is 76.4 Å². The Kier molecular flexibility index (Phi) is 13.1. The first kappa shape index (κ1) is 42.9. The van der Waals surface area contributed by atoms with Crippen molar-refractivity contribution in [2.45, 2.75) is 99.2 Å². The predicted octanol–water partition coefficient (Wildman–Crippen LogP) is 13.4. The predicted molar refractivity (Wildman–Crippen MR) is 243 cm³/mol. The van der Waals surface area contributed by atoms with Crippen LogP contribution in [0.3, 0.4) is 0 Å². The van der Waals surface area contributed by atoms with E-state index in [-0.39, 0.29) is 20.1 Å². The Morgan fingerprint density at radius 2 is 1.41 bits per heavy atom. The second-order valence-corrected chi connectivity index (χ2v) is 22.7. The van der Waals surface area contributed by atoms with Gasteiger partial charge in [0.2, 0.25) is 5.71 Å². The molecule has 0 atom stereocenters. The molecule has 5 nitrogen and oxygen atoms in total. The van der Waals surface area contributed by atoms with Gasteiger partial charge < -0.3 is 14.0 Å². The largest absolute Gasteiger partial charge is 0.486 e. The summed E-state index contributed by atoms with van der Waals surface area (Å²) in [5, 5.41) is 3.54. The van der Waals surface area contributed by atoms with Gasteiger partial charge in [0.05, 0.1) is 30.5 Å². The number of fused-ring (bicyclic) bond motifs is 4. The molecule has 0 bridgehead atoms. The van der Waals surface area contributed by atoms with Crippen LogP contribution in [-0.4, -0.2) is 27.6 Å². The van der Waals surface area contributed by atoms with Crippen molar-refractivity contribution in [3.63, 3.8) is 0 Å². The molecule has 8 rings (SSSR count). The van der Waals surface area contributed by atoms with E-state index in [4.69, 9.17) is 14.4 Å². The van der Waals surface area contributed by atoms with Crippen LogP contribution in [0, 0.1) is 18.1 Å². The second-order valence-electron chi connectivity index (χ2n) is 17.6. The number of pyridine rings is 2. The number of para-hydroxylation sites is 3. The van der Waals surface area contributed by atoms with Crippen LogP contribution < -0.4 is 5.19 Å². The van der Waals surface area contributed by atoms with Crippen molar-refractivity contribution < 1.29 is 24.5 Å². The molecule has 4 heterocycles. The molecule has 0 aliphatic carbocycles. The molecule has 0 spiro atoms. The summed E-state index contributed by atoms with van der Waals surface area (Å²) < 4.78 is 8.80. The van der Waals surface area contributed by atoms with Gasteiger partial charge in [0.1, 0.15) is 0 Å². The number of hydrogen-bond donors (Lipinski definition) is 0. The molecule has 0 aliphatic rings. The molecule has 7 heteroatoms. The third kappa shape index (κ3) is 8.68. The molecule has 0 unspecified atom stereocenters. The van der Waals surface area contributed by atoms with E-state index in [9.17, 15) is 0 Å². The Morgan fingerprint density at radius 1 is 0.707 bits per heavy atom. The number of hydrogen-bond acceptors (Lipinski definition) is 4. The maximum Gasteiger partial charge on any atom is 0.216 e. The molecule has 0 N–H and O–H groups in total. The summed E-state index contributed by atoms with van der Waals surface area (Å²) in [6.07, 6.45) is 3.24. The van der Waals surface area contributed by atoms with Crippen molar-refractivity contribution >= 4 is 46.4 Å². The molecule has 4 aromatic heterocycles. The minimum atomic E-state index is -1.34. The number of benzene rings is 4. The summed E-state index contributed by atoms with van der Waals surface area (Å²) >= 11 is 0. The fourth-order valence-electron chi connectivity index (χ4n) is 7.80. The van der Waals surface area contributed by atoms with Crippen LogP contribution in [0.15, 0.2) is 108 Å². The average molecular weight is 961 g/mol. The zero-order valence-corrected chi connectivity index (χ0v) is 39.3. The van der Waals surface area contributed by atoms with Gasteiger partial charge in [-0.3, -0.25) is 4.98 Å². The third-order valence-electron chi connectivity index (χ3n) is 10.7. The normalized spacial score (nSPS) is 11.9. The van der Waals surface area contributed by atoms with Gasteiger partial charge >= 0.3 is 0 Å². The SMILES string of the molecule is CC(C)Cc1cc(-c2[c-]cccc2)ncc1[Si](C)(C)C.CC(C)c1ccc2c(n1)oc1c(-c3nc4ccccc4n3-c3c(C(C)C)cccc3C(C)C)[c-]ccc12.[Ir]. The van der Waals surface area contributed by atoms with E-state index in [2.05, 4.69) is 170 Å². The van der Waals surface area contributed by atoms with E-state index >= 15 is 0 Å². The summed E-state index contributed by atoms with van der Waals surface area (Å²) in [4.78, 5) is 14.7. The minimum Gasteiger partial charge on any atom is -0.486 e. The summed E-state index contributed by atoms with van der Waals surface area (Å²) in [7, 11) is -1.34. The fraction of sp³-hybridized carbons (Fsp3) is 0.314. The first-order chi connectivity index (χ1) is 27.2. The maximum absolute atomic E-state index is 6.48. The van der Waals surface area contributed by atoms with Crippen LogP contribution in [0.5, 0.6) is 0 Å². The van der Waals surface area contributed by atoms with Gasteiger partial charge in [-0.1, -0.05) is 128 Å². The molecule has 8 aromatic rings. The van der Waals surface area contributed by atoms with Crippen LogP contribution in [0.2, 0.25) is 19.6 Å². The molecule has 0 saturated carbocycles. The van der Waals surface area contributed by atoms with Crippen LogP contribution in [0.4, 0.5) is 0 Å². The third-order valence-corrected chi connectivity index (χ3v) is 12.7. The van der Waals surface area contributed by atoms with Crippen molar-refractivity contribution in [2.75, 3.05) is 0 Å². The second kappa shape index (κ2) is 17.7. The Bertz CT molecular complexity index is 2640. The van der Waals surface area contributed by atoms with Gasteiger partial charge in [0, 0.05) is 43.1 Å². The maximum atomic E-state index is 6.48. The van der Waals surface area contributed by atoms with Crippen LogP contribution in [0.1, 0.15) is 95.5 Å². The molecule has 0 saturated heterocycles. The number of imidazole rings is 1. The molecule has 301 valence electrons. The first-order valence-corrected chi connectivity index (χ1v) is 24.0. The summed E-state index contributed by atoms with van der Waals surface area (Å²) in [6, 6.07) is 40.4. The van der Waals surface area contributed by atoms with Gasteiger partial charge in [-0.25, -0.2) is 4.98 Å². The van der Waals surface area contributed by atoms with Crippen molar-refractivity contribution in [1.82, 2.24) is 19.5 Å². The van der Waals surface area contributed by atoms with Crippen molar-refractivity contribution in [3.05, 3.63) is 138 Å². The Morgan fingerprint density at radius 3 is 2.05 bits per heavy atom. The Labute approximate surface area is 359 Å². The van der Waals surface area contributed by atoms with Gasteiger partial charge in [0.15, 0.2) is 0 Å². The molecular weight excluding hydrogens is 905 g/mol. The molecule has 4 aromatic carbocycles. The molecular formula is C51H56IrN4OSi-2. The molecule has 0 aliphatic heterocycles. The van der Waals surface area contributed by atoms with Gasteiger partial charge in [-0.15, -0.1) is 54.1 Å². The number of aromatic nitrogens is 4. The van der Waals surface area contributed by atoms with E-state index in [1.807, 2.05) is 30.3 Å². The van der Waals surface area contributed by atoms with E-state index in [0.29, 0.717) is 29.4 Å². The van der Waals surface area contributed by atoms with E-state index in [1.165, 1.54) is 27.6 Å². The van der Waals surface area contributed by atoms with E-state index in [0.717, 1.165) is 62.1 Å². The fourth-order valence-corrected chi connectivity index (χ4v) is 9.38. The zero-order chi connectivity index (χ0) is 40.6. The standard InChI is InChI=1S/C33H32N3O.C18H24NSi.Ir/c1-19(2)22-11-9-12-23(20(3)4)30(22)36-29-16-8-7-15-28(29)34-32(36)26-14-10-13-24-25-17-18-27(21(5)6)35-33(25)37-31(24)26;1-14(2)11-16-12-17(15-9-7-6-8-10-15)19-13-18(16)20(3,4)5;/h7-13,15-21H,1-6H3;6-9,12-14H,11H2,1-5H3;/q2*-1;. The Balaban J connectivity index is 0.000000230. The van der Waals surface area contributed by atoms with Crippen LogP contribution >= 0.6 is 0 Å². The van der Waals surface area contributed by atoms with Crippen molar-refractivity contribution in [2.24, 2.45) is 5.92 Å². The quantitative estimate of drug-likeness (QED) is 0.107. The van der Waals surface area contributed by atoms with Crippen LogP contribution in [-0.2, 0) is 26.5 Å². The zero-order valence-electron chi connectivity index (χ0n) is 35.9. The molecule has 0 fully saturated rings. The van der Waals surface area contributed by atoms with E-state index < -0.39 is 8.07 Å². The summed E-state index contributed by atoms with van der Waals surface area (Å²) in [5.41, 5.74) is 12.8. The van der Waals surface area contributed by atoms with E-state index in [1.54, 1.807) is 0 Å². The first-order valence-electron chi connectivity index (χ1n) is 20.5. The van der Waals surface area contributed by atoms with Gasteiger partial charge in [0.25, 0.3) is 0 Å². The summed E-state index contributed by atoms with van der Waals surface area (Å²) in [6.45, 7) is 25.1. The number of rotatable bonds is 9. The molecule has 1 radical (unpaired) electrons. The monoisotopic (exact) mass is 961 g/mol. The van der Waals surface area contributed by atoms with Crippen LogP contribution in [0.25, 0.3) is 61.4 Å².